The van der Waals surface area contributed by atoms with E-state index in [0.29, 0.717) is 0 Å². The molecule has 0 aliphatic heterocycles. The third-order valence-electron chi connectivity index (χ3n) is 4.51. The highest BCUT2D eigenvalue weighted by Gasteiger charge is 1.95. The molecular weight excluding hydrogens is 298 g/mol. The fourth-order valence-electron chi connectivity index (χ4n) is 2.89. The maximum atomic E-state index is 5.58. The molecule has 0 aromatic carbocycles. The molecule has 0 radical (unpaired) electrons. The Balaban J connectivity index is 2.93. The number of hydrogen-bond donors (Lipinski definition) is 1. The molecule has 0 amide bonds. The summed E-state index contributed by atoms with van der Waals surface area (Å²) in [6, 6.07) is 0. The summed E-state index contributed by atoms with van der Waals surface area (Å²) in [6.45, 7) is 6.34. The van der Waals surface area contributed by atoms with E-state index in [1.54, 1.807) is 0 Å². The molecule has 0 aromatic rings. The van der Waals surface area contributed by atoms with Gasteiger partial charge in [0.25, 0.3) is 0 Å². The fraction of sp³-hybridized carbons (Fsp3) is 1.00. The Labute approximate surface area is 152 Å². The fourth-order valence-corrected chi connectivity index (χ4v) is 2.89. The summed E-state index contributed by atoms with van der Waals surface area (Å²) in [5, 5.41) is 3.06. The highest BCUT2D eigenvalue weighted by atomic mass is 16.5. The molecule has 146 valence electrons. The van der Waals surface area contributed by atoms with Gasteiger partial charge in [-0.25, -0.2) is 0 Å². The van der Waals surface area contributed by atoms with E-state index in [4.69, 9.17) is 9.47 Å². The van der Waals surface area contributed by atoms with Crippen molar-refractivity contribution in [1.82, 2.24) is 5.32 Å². The van der Waals surface area contributed by atoms with Crippen LogP contribution in [-0.4, -0.2) is 40.0 Å². The number of ether oxygens (including phenoxy) is 2. The molecule has 0 bridgehead atoms. The van der Waals surface area contributed by atoms with Crippen LogP contribution in [0.1, 0.15) is 96.8 Å². The lowest BCUT2D eigenvalue weighted by Crippen LogP contribution is -2.16. The van der Waals surface area contributed by atoms with Crippen LogP contribution in [0.3, 0.4) is 0 Å². The average Bonchev–Trinajstić information content (AvgIpc) is 2.60. The van der Waals surface area contributed by atoms with Gasteiger partial charge in [0, 0.05) is 13.2 Å². The Morgan fingerprint density at radius 1 is 0.500 bits per heavy atom. The second-order valence-electron chi connectivity index (χ2n) is 6.92. The molecule has 0 unspecified atom stereocenters. The van der Waals surface area contributed by atoms with Crippen molar-refractivity contribution in [3.63, 3.8) is 0 Å². The van der Waals surface area contributed by atoms with Gasteiger partial charge in [0.15, 0.2) is 0 Å². The summed E-state index contributed by atoms with van der Waals surface area (Å²) < 4.78 is 11.0. The lowest BCUT2D eigenvalue weighted by molar-refractivity contribution is 0.0477. The van der Waals surface area contributed by atoms with E-state index in [-0.39, 0.29) is 0 Å². The van der Waals surface area contributed by atoms with Gasteiger partial charge < -0.3 is 14.8 Å². The van der Waals surface area contributed by atoms with Gasteiger partial charge in [0.1, 0.15) is 0 Å². The van der Waals surface area contributed by atoms with E-state index in [9.17, 15) is 0 Å². The van der Waals surface area contributed by atoms with Crippen molar-refractivity contribution >= 4 is 0 Å². The number of hydrogen-bond acceptors (Lipinski definition) is 3. The molecule has 3 nitrogen and oxygen atoms in total. The summed E-state index contributed by atoms with van der Waals surface area (Å²) >= 11 is 0. The van der Waals surface area contributed by atoms with Gasteiger partial charge in [0.2, 0.25) is 0 Å². The SMILES string of the molecule is CCCCCCCCCCCCCCCCOCCOCCNC. The largest absolute Gasteiger partial charge is 0.379 e. The molecule has 0 saturated heterocycles. The summed E-state index contributed by atoms with van der Waals surface area (Å²) in [5.41, 5.74) is 0. The number of likely N-dealkylation sites (N-methyl/N-ethyl adjacent to an activating group) is 1. The Morgan fingerprint density at radius 3 is 1.38 bits per heavy atom. The first-order valence-corrected chi connectivity index (χ1v) is 10.7. The molecule has 0 fully saturated rings. The lowest BCUT2D eigenvalue weighted by atomic mass is 10.0. The minimum Gasteiger partial charge on any atom is -0.379 e. The van der Waals surface area contributed by atoms with E-state index in [2.05, 4.69) is 12.2 Å². The second-order valence-corrected chi connectivity index (χ2v) is 6.92. The minimum atomic E-state index is 0.723. The second kappa shape index (κ2) is 22.9. The van der Waals surface area contributed by atoms with E-state index in [0.717, 1.165) is 33.0 Å². The molecule has 0 aliphatic carbocycles. The maximum Gasteiger partial charge on any atom is 0.0701 e. The minimum absolute atomic E-state index is 0.723. The van der Waals surface area contributed by atoms with Crippen LogP contribution in [0.4, 0.5) is 0 Å². The van der Waals surface area contributed by atoms with E-state index < -0.39 is 0 Å². The van der Waals surface area contributed by atoms with Gasteiger partial charge in [-0.1, -0.05) is 90.4 Å². The van der Waals surface area contributed by atoms with Gasteiger partial charge >= 0.3 is 0 Å². The highest BCUT2D eigenvalue weighted by molar-refractivity contribution is 4.49. The van der Waals surface area contributed by atoms with Crippen molar-refractivity contribution in [2.45, 2.75) is 96.8 Å². The van der Waals surface area contributed by atoms with Crippen LogP contribution in [-0.2, 0) is 9.47 Å². The predicted octanol–water partition coefficient (Wildman–Crippen LogP) is 5.72. The molecular formula is C21H45NO2. The molecule has 0 saturated carbocycles. The highest BCUT2D eigenvalue weighted by Crippen LogP contribution is 2.12. The quantitative estimate of drug-likeness (QED) is 0.270. The van der Waals surface area contributed by atoms with Crippen LogP contribution in [0.25, 0.3) is 0 Å². The van der Waals surface area contributed by atoms with Crippen molar-refractivity contribution in [3.8, 4) is 0 Å². The van der Waals surface area contributed by atoms with Crippen molar-refractivity contribution in [2.24, 2.45) is 0 Å². The molecule has 3 heteroatoms. The summed E-state index contributed by atoms with van der Waals surface area (Å²) in [4.78, 5) is 0. The average molecular weight is 344 g/mol. The van der Waals surface area contributed by atoms with Gasteiger partial charge in [-0.2, -0.15) is 0 Å². The van der Waals surface area contributed by atoms with Gasteiger partial charge in [0.05, 0.1) is 19.8 Å². The summed E-state index contributed by atoms with van der Waals surface area (Å²) in [6.07, 6.45) is 19.7. The third-order valence-corrected chi connectivity index (χ3v) is 4.51. The van der Waals surface area contributed by atoms with Crippen molar-refractivity contribution in [2.75, 3.05) is 40.0 Å². The molecule has 1 N–H and O–H groups in total. The summed E-state index contributed by atoms with van der Waals surface area (Å²) in [5.74, 6) is 0. The number of unbranched alkanes of at least 4 members (excludes halogenated alkanes) is 13. The zero-order valence-corrected chi connectivity index (χ0v) is 16.8. The van der Waals surface area contributed by atoms with Gasteiger partial charge in [-0.3, -0.25) is 0 Å². The van der Waals surface area contributed by atoms with Gasteiger partial charge in [-0.05, 0) is 13.5 Å². The smallest absolute Gasteiger partial charge is 0.0701 e. The molecule has 0 spiro atoms. The first-order valence-electron chi connectivity index (χ1n) is 10.7. The maximum absolute atomic E-state index is 5.58. The van der Waals surface area contributed by atoms with Crippen LogP contribution in [0.5, 0.6) is 0 Å². The monoisotopic (exact) mass is 343 g/mol. The predicted molar refractivity (Wildman–Crippen MR) is 106 cm³/mol. The van der Waals surface area contributed by atoms with Crippen LogP contribution in [0.2, 0.25) is 0 Å². The van der Waals surface area contributed by atoms with E-state index >= 15 is 0 Å². The number of nitrogens with one attached hydrogen (secondary N) is 1. The van der Waals surface area contributed by atoms with Crippen LogP contribution >= 0.6 is 0 Å². The summed E-state index contributed by atoms with van der Waals surface area (Å²) in [7, 11) is 1.94. The van der Waals surface area contributed by atoms with Crippen LogP contribution in [0, 0.1) is 0 Å². The van der Waals surface area contributed by atoms with Crippen molar-refractivity contribution in [1.29, 1.82) is 0 Å². The molecule has 0 rings (SSSR count). The topological polar surface area (TPSA) is 30.5 Å². The first-order chi connectivity index (χ1) is 11.9. The zero-order chi connectivity index (χ0) is 17.6. The van der Waals surface area contributed by atoms with Crippen molar-refractivity contribution < 1.29 is 9.47 Å². The van der Waals surface area contributed by atoms with E-state index in [1.165, 1.54) is 89.9 Å². The Bertz CT molecular complexity index is 190. The number of rotatable bonds is 21. The normalized spacial score (nSPS) is 11.2. The third kappa shape index (κ3) is 21.9. The molecule has 0 aliphatic rings. The Kier molecular flexibility index (Phi) is 22.8. The standard InChI is InChI=1S/C21H45NO2/c1-3-4-5-6-7-8-9-10-11-12-13-14-15-16-18-23-20-21-24-19-17-22-2/h22H,3-21H2,1-2H3. The Hall–Kier alpha value is -0.120. The molecule has 0 heterocycles. The molecule has 24 heavy (non-hydrogen) atoms. The first kappa shape index (κ1) is 23.9. The van der Waals surface area contributed by atoms with Gasteiger partial charge in [-0.15, -0.1) is 0 Å². The van der Waals surface area contributed by atoms with Crippen LogP contribution < -0.4 is 5.32 Å². The van der Waals surface area contributed by atoms with Crippen LogP contribution in [0.15, 0.2) is 0 Å². The Morgan fingerprint density at radius 2 is 0.917 bits per heavy atom. The van der Waals surface area contributed by atoms with E-state index in [1.807, 2.05) is 7.05 Å². The molecule has 0 atom stereocenters. The molecule has 0 aromatic heterocycles. The van der Waals surface area contributed by atoms with Crippen molar-refractivity contribution in [3.05, 3.63) is 0 Å². The lowest BCUT2D eigenvalue weighted by Gasteiger charge is -2.06. The zero-order valence-electron chi connectivity index (χ0n) is 16.8.